The normalized spacial score (nSPS) is 22.0. The van der Waals surface area contributed by atoms with E-state index in [2.05, 4.69) is 5.32 Å². The number of benzene rings is 1. The maximum absolute atomic E-state index is 13.4. The lowest BCUT2D eigenvalue weighted by molar-refractivity contribution is -0.142. The van der Waals surface area contributed by atoms with E-state index in [1.54, 1.807) is 12.1 Å². The van der Waals surface area contributed by atoms with Crippen molar-refractivity contribution in [2.75, 3.05) is 19.0 Å². The first-order valence-corrected chi connectivity index (χ1v) is 7.39. The Labute approximate surface area is 125 Å². The highest BCUT2D eigenvalue weighted by Crippen LogP contribution is 2.25. The van der Waals surface area contributed by atoms with Gasteiger partial charge in [0.1, 0.15) is 5.82 Å². The Morgan fingerprint density at radius 1 is 1.33 bits per heavy atom. The van der Waals surface area contributed by atoms with Gasteiger partial charge >= 0.3 is 5.97 Å². The number of carbonyl (C=O) groups is 1. The summed E-state index contributed by atoms with van der Waals surface area (Å²) in [5.41, 5.74) is 1.93. The molecule has 0 heterocycles. The summed E-state index contributed by atoms with van der Waals surface area (Å²) >= 11 is 0. The first-order valence-electron chi connectivity index (χ1n) is 7.39. The molecule has 2 N–H and O–H groups in total. The lowest BCUT2D eigenvalue weighted by Crippen LogP contribution is -2.34. The van der Waals surface area contributed by atoms with Crippen LogP contribution in [0.25, 0.3) is 0 Å². The molecule has 0 radical (unpaired) electrons. The van der Waals surface area contributed by atoms with Gasteiger partial charge in [0.25, 0.3) is 0 Å². The van der Waals surface area contributed by atoms with E-state index >= 15 is 0 Å². The third kappa shape index (κ3) is 4.17. The molecule has 4 nitrogen and oxygen atoms in total. The predicted molar refractivity (Wildman–Crippen MR) is 80.9 cm³/mol. The second-order valence-corrected chi connectivity index (χ2v) is 5.94. The minimum atomic E-state index is -0.687. The Morgan fingerprint density at radius 2 is 2.00 bits per heavy atom. The molecule has 0 unspecified atom stereocenters. The van der Waals surface area contributed by atoms with Crippen LogP contribution in [-0.4, -0.2) is 31.2 Å². The van der Waals surface area contributed by atoms with Crippen molar-refractivity contribution >= 4 is 11.7 Å². The predicted octanol–water partition coefficient (Wildman–Crippen LogP) is 2.62. The van der Waals surface area contributed by atoms with Crippen LogP contribution in [0.15, 0.2) is 18.2 Å². The van der Waals surface area contributed by atoms with Gasteiger partial charge in [-0.3, -0.25) is 4.79 Å². The van der Waals surface area contributed by atoms with Gasteiger partial charge in [0, 0.05) is 32.4 Å². The number of carboxylic acids is 1. The smallest absolute Gasteiger partial charge is 0.306 e. The molecule has 0 amide bonds. The first kappa shape index (κ1) is 15.8. The number of carboxylic acid groups (broad SMARTS) is 1. The summed E-state index contributed by atoms with van der Waals surface area (Å²) in [7, 11) is 3.88. The lowest BCUT2D eigenvalue weighted by Gasteiger charge is -2.27. The van der Waals surface area contributed by atoms with Gasteiger partial charge in [-0.1, -0.05) is 0 Å². The topological polar surface area (TPSA) is 52.6 Å². The average molecular weight is 294 g/mol. The van der Waals surface area contributed by atoms with Crippen LogP contribution >= 0.6 is 0 Å². The summed E-state index contributed by atoms with van der Waals surface area (Å²) in [6, 6.07) is 5.13. The van der Waals surface area contributed by atoms with E-state index in [4.69, 9.17) is 5.11 Å². The molecule has 1 aromatic rings. The molecule has 1 aliphatic rings. The van der Waals surface area contributed by atoms with Crippen molar-refractivity contribution in [1.82, 2.24) is 5.32 Å². The van der Waals surface area contributed by atoms with Crippen LogP contribution in [0.5, 0.6) is 0 Å². The van der Waals surface area contributed by atoms with Gasteiger partial charge < -0.3 is 15.3 Å². The maximum atomic E-state index is 13.4. The Bertz CT molecular complexity index is 497. The molecule has 0 aliphatic heterocycles. The number of aliphatic carboxylic acids is 1. The largest absolute Gasteiger partial charge is 0.481 e. The van der Waals surface area contributed by atoms with Gasteiger partial charge in [0.15, 0.2) is 0 Å². The van der Waals surface area contributed by atoms with E-state index in [0.717, 1.165) is 36.9 Å². The first-order chi connectivity index (χ1) is 9.97. The van der Waals surface area contributed by atoms with Crippen LogP contribution in [0.4, 0.5) is 10.1 Å². The summed E-state index contributed by atoms with van der Waals surface area (Å²) in [5.74, 6) is -1.12. The van der Waals surface area contributed by atoms with E-state index < -0.39 is 5.97 Å². The number of anilines is 1. The number of nitrogens with one attached hydrogen (secondary N) is 1. The quantitative estimate of drug-likeness (QED) is 0.876. The minimum absolute atomic E-state index is 0.199. The zero-order chi connectivity index (χ0) is 15.4. The Morgan fingerprint density at radius 3 is 2.57 bits per heavy atom. The Balaban J connectivity index is 1.92. The van der Waals surface area contributed by atoms with Gasteiger partial charge in [-0.15, -0.1) is 0 Å². The van der Waals surface area contributed by atoms with E-state index in [1.165, 1.54) is 6.07 Å². The summed E-state index contributed by atoms with van der Waals surface area (Å²) < 4.78 is 13.4. The average Bonchev–Trinajstić information content (AvgIpc) is 2.45. The van der Waals surface area contributed by atoms with Crippen molar-refractivity contribution in [1.29, 1.82) is 0 Å². The lowest BCUT2D eigenvalue weighted by atomic mass is 9.86. The SMILES string of the molecule is CN(C)c1ccc(F)cc1CNC1CCC(C(=O)O)CC1. The summed E-state index contributed by atoms with van der Waals surface area (Å²) in [4.78, 5) is 12.9. The van der Waals surface area contributed by atoms with Gasteiger partial charge in [-0.2, -0.15) is 0 Å². The maximum Gasteiger partial charge on any atom is 0.306 e. The molecule has 1 aliphatic carbocycles. The highest BCUT2D eigenvalue weighted by molar-refractivity contribution is 5.70. The monoisotopic (exact) mass is 294 g/mol. The van der Waals surface area contributed by atoms with Crippen LogP contribution in [0.1, 0.15) is 31.2 Å². The third-order valence-corrected chi connectivity index (χ3v) is 4.18. The molecule has 1 saturated carbocycles. The van der Waals surface area contributed by atoms with Crippen molar-refractivity contribution in [3.63, 3.8) is 0 Å². The second kappa shape index (κ2) is 6.89. The molecule has 0 atom stereocenters. The van der Waals surface area contributed by atoms with Crippen molar-refractivity contribution in [2.45, 2.75) is 38.3 Å². The van der Waals surface area contributed by atoms with Gasteiger partial charge in [0.2, 0.25) is 0 Å². The standard InChI is InChI=1S/C16H23FN2O2/c1-19(2)15-8-5-13(17)9-12(15)10-18-14-6-3-11(4-7-14)16(20)21/h5,8-9,11,14,18H,3-4,6-7,10H2,1-2H3,(H,20,21). The molecular weight excluding hydrogens is 271 g/mol. The van der Waals surface area contributed by atoms with Crippen LogP contribution in [0.3, 0.4) is 0 Å². The molecule has 0 bridgehead atoms. The molecule has 0 spiro atoms. The zero-order valence-corrected chi connectivity index (χ0v) is 12.6. The fourth-order valence-corrected chi connectivity index (χ4v) is 2.93. The zero-order valence-electron chi connectivity index (χ0n) is 12.6. The summed E-state index contributed by atoms with van der Waals surface area (Å²) in [6.45, 7) is 0.605. The summed E-state index contributed by atoms with van der Waals surface area (Å²) in [5, 5.41) is 12.4. The molecule has 1 fully saturated rings. The molecule has 21 heavy (non-hydrogen) atoms. The third-order valence-electron chi connectivity index (χ3n) is 4.18. The molecule has 0 saturated heterocycles. The Hall–Kier alpha value is -1.62. The van der Waals surface area contributed by atoms with Crippen molar-refractivity contribution in [2.24, 2.45) is 5.92 Å². The highest BCUT2D eigenvalue weighted by Gasteiger charge is 2.25. The highest BCUT2D eigenvalue weighted by atomic mass is 19.1. The second-order valence-electron chi connectivity index (χ2n) is 5.94. The van der Waals surface area contributed by atoms with Gasteiger partial charge in [-0.25, -0.2) is 4.39 Å². The number of nitrogens with zero attached hydrogens (tertiary/aromatic N) is 1. The molecule has 1 aromatic carbocycles. The number of hydrogen-bond donors (Lipinski definition) is 2. The van der Waals surface area contributed by atoms with Crippen LogP contribution < -0.4 is 10.2 Å². The van der Waals surface area contributed by atoms with E-state index in [0.29, 0.717) is 12.6 Å². The number of rotatable bonds is 5. The molecule has 5 heteroatoms. The van der Waals surface area contributed by atoms with Crippen molar-refractivity contribution < 1.29 is 14.3 Å². The molecule has 0 aromatic heterocycles. The van der Waals surface area contributed by atoms with Crippen LogP contribution in [-0.2, 0) is 11.3 Å². The fraction of sp³-hybridized carbons (Fsp3) is 0.562. The molecular formula is C16H23FN2O2. The van der Waals surface area contributed by atoms with E-state index in [1.807, 2.05) is 19.0 Å². The van der Waals surface area contributed by atoms with Gasteiger partial charge in [0.05, 0.1) is 5.92 Å². The number of halogens is 1. The van der Waals surface area contributed by atoms with E-state index in [-0.39, 0.29) is 11.7 Å². The van der Waals surface area contributed by atoms with Crippen molar-refractivity contribution in [3.05, 3.63) is 29.6 Å². The molecule has 2 rings (SSSR count). The fourth-order valence-electron chi connectivity index (χ4n) is 2.93. The van der Waals surface area contributed by atoms with E-state index in [9.17, 15) is 9.18 Å². The van der Waals surface area contributed by atoms with Crippen LogP contribution in [0.2, 0.25) is 0 Å². The van der Waals surface area contributed by atoms with Crippen molar-refractivity contribution in [3.8, 4) is 0 Å². The Kier molecular flexibility index (Phi) is 5.17. The molecule has 116 valence electrons. The number of hydrogen-bond acceptors (Lipinski definition) is 3. The van der Waals surface area contributed by atoms with Crippen LogP contribution in [0, 0.1) is 11.7 Å². The summed E-state index contributed by atoms with van der Waals surface area (Å²) in [6.07, 6.45) is 3.17. The van der Waals surface area contributed by atoms with Gasteiger partial charge in [-0.05, 0) is 49.4 Å². The minimum Gasteiger partial charge on any atom is -0.481 e.